The Hall–Kier alpha value is -4.39. The third-order valence-corrected chi connectivity index (χ3v) is 5.85. The number of benzene rings is 3. The van der Waals surface area contributed by atoms with E-state index >= 15 is 0 Å². The molecule has 0 fully saturated rings. The van der Waals surface area contributed by atoms with E-state index in [1.807, 2.05) is 54.6 Å². The van der Waals surface area contributed by atoms with Crippen molar-refractivity contribution in [1.29, 1.82) is 0 Å². The molecule has 0 aliphatic heterocycles. The number of esters is 1. The van der Waals surface area contributed by atoms with Crippen molar-refractivity contribution < 1.29 is 23.5 Å². The van der Waals surface area contributed by atoms with Crippen molar-refractivity contribution >= 4 is 22.8 Å². The predicted molar refractivity (Wildman–Crippen MR) is 141 cm³/mol. The molecule has 0 aliphatic carbocycles. The number of amides is 1. The SMILES string of the molecule is CCc1ccc(OCCCC(=O)Oc2ccc3cc(C(=O)NCCc4ccccc4)c(=O)oc3c2)cc1. The fourth-order valence-electron chi connectivity index (χ4n) is 3.78. The zero-order chi connectivity index (χ0) is 26.0. The number of carbonyl (C=O) groups is 2. The van der Waals surface area contributed by atoms with Crippen LogP contribution < -0.4 is 20.4 Å². The molecule has 4 rings (SSSR count). The van der Waals surface area contributed by atoms with Crippen LogP contribution in [0, 0.1) is 0 Å². The van der Waals surface area contributed by atoms with E-state index in [1.165, 1.54) is 17.7 Å². The van der Waals surface area contributed by atoms with Crippen molar-refractivity contribution in [2.24, 2.45) is 0 Å². The van der Waals surface area contributed by atoms with Crippen molar-refractivity contribution in [2.45, 2.75) is 32.6 Å². The van der Waals surface area contributed by atoms with Crippen LogP contribution in [-0.2, 0) is 17.6 Å². The summed E-state index contributed by atoms with van der Waals surface area (Å²) in [6.07, 6.45) is 2.30. The van der Waals surface area contributed by atoms with E-state index in [0.29, 0.717) is 31.4 Å². The van der Waals surface area contributed by atoms with Crippen LogP contribution >= 0.6 is 0 Å². The normalized spacial score (nSPS) is 10.7. The van der Waals surface area contributed by atoms with Crippen LogP contribution in [0.4, 0.5) is 0 Å². The summed E-state index contributed by atoms with van der Waals surface area (Å²) < 4.78 is 16.4. The van der Waals surface area contributed by atoms with Gasteiger partial charge in [0, 0.05) is 24.4 Å². The predicted octanol–water partition coefficient (Wildman–Crippen LogP) is 5.09. The molecule has 1 N–H and O–H groups in total. The van der Waals surface area contributed by atoms with Crippen molar-refractivity contribution in [1.82, 2.24) is 5.32 Å². The summed E-state index contributed by atoms with van der Waals surface area (Å²) in [6, 6.07) is 23.8. The summed E-state index contributed by atoms with van der Waals surface area (Å²) in [5, 5.41) is 3.30. The molecule has 7 heteroatoms. The molecule has 4 aromatic rings. The molecular formula is C30H29NO6. The molecule has 0 aliphatic rings. The molecular weight excluding hydrogens is 470 g/mol. The first-order chi connectivity index (χ1) is 18.0. The van der Waals surface area contributed by atoms with Gasteiger partial charge in [0.2, 0.25) is 0 Å². The van der Waals surface area contributed by atoms with E-state index in [0.717, 1.165) is 17.7 Å². The van der Waals surface area contributed by atoms with E-state index < -0.39 is 17.5 Å². The standard InChI is InChI=1S/C30H29NO6/c1-2-21-10-13-24(14-11-21)35-18-6-9-28(32)36-25-15-12-23-19-26(30(34)37-27(23)20-25)29(33)31-17-16-22-7-4-3-5-8-22/h3-5,7-8,10-15,19-20H,2,6,9,16-18H2,1H3,(H,31,33). The quantitative estimate of drug-likeness (QED) is 0.134. The molecule has 3 aromatic carbocycles. The largest absolute Gasteiger partial charge is 0.494 e. The Balaban J connectivity index is 1.28. The summed E-state index contributed by atoms with van der Waals surface area (Å²) >= 11 is 0. The highest BCUT2D eigenvalue weighted by Crippen LogP contribution is 2.21. The molecule has 0 spiro atoms. The Bertz CT molecular complexity index is 1410. The molecule has 37 heavy (non-hydrogen) atoms. The van der Waals surface area contributed by atoms with E-state index in [-0.39, 0.29) is 23.3 Å². The Morgan fingerprint density at radius 3 is 2.41 bits per heavy atom. The first-order valence-electron chi connectivity index (χ1n) is 12.3. The summed E-state index contributed by atoms with van der Waals surface area (Å²) in [7, 11) is 0. The number of ether oxygens (including phenoxy) is 2. The lowest BCUT2D eigenvalue weighted by Crippen LogP contribution is -2.29. The smallest absolute Gasteiger partial charge is 0.349 e. The molecule has 0 unspecified atom stereocenters. The second kappa shape index (κ2) is 12.5. The highest BCUT2D eigenvalue weighted by atomic mass is 16.5. The zero-order valence-electron chi connectivity index (χ0n) is 20.7. The van der Waals surface area contributed by atoms with Crippen molar-refractivity contribution in [2.75, 3.05) is 13.2 Å². The molecule has 1 heterocycles. The van der Waals surface area contributed by atoms with Crippen molar-refractivity contribution in [3.63, 3.8) is 0 Å². The summed E-state index contributed by atoms with van der Waals surface area (Å²) in [5.74, 6) is 0.114. The lowest BCUT2D eigenvalue weighted by molar-refractivity contribution is -0.134. The second-order valence-corrected chi connectivity index (χ2v) is 8.56. The molecule has 0 atom stereocenters. The van der Waals surface area contributed by atoms with E-state index in [4.69, 9.17) is 13.9 Å². The lowest BCUT2D eigenvalue weighted by atomic mass is 10.1. The van der Waals surface area contributed by atoms with Crippen LogP contribution in [0.2, 0.25) is 0 Å². The summed E-state index contributed by atoms with van der Waals surface area (Å²) in [6.45, 7) is 2.88. The van der Waals surface area contributed by atoms with Gasteiger partial charge in [0.05, 0.1) is 6.61 Å². The highest BCUT2D eigenvalue weighted by Gasteiger charge is 2.14. The third-order valence-electron chi connectivity index (χ3n) is 5.85. The first-order valence-corrected chi connectivity index (χ1v) is 12.3. The van der Waals surface area contributed by atoms with Crippen LogP contribution in [0.5, 0.6) is 11.5 Å². The molecule has 0 radical (unpaired) electrons. The fraction of sp³-hybridized carbons (Fsp3) is 0.233. The van der Waals surface area contributed by atoms with Crippen LogP contribution in [0.1, 0.15) is 41.3 Å². The van der Waals surface area contributed by atoms with E-state index in [9.17, 15) is 14.4 Å². The Morgan fingerprint density at radius 2 is 1.65 bits per heavy atom. The number of fused-ring (bicyclic) bond motifs is 1. The van der Waals surface area contributed by atoms with Gasteiger partial charge in [-0.3, -0.25) is 9.59 Å². The van der Waals surface area contributed by atoms with Gasteiger partial charge in [-0.05, 0) is 60.7 Å². The number of aryl methyl sites for hydroxylation is 1. The van der Waals surface area contributed by atoms with Gasteiger partial charge in [-0.2, -0.15) is 0 Å². The Morgan fingerprint density at radius 1 is 0.892 bits per heavy atom. The van der Waals surface area contributed by atoms with Gasteiger partial charge in [0.25, 0.3) is 5.91 Å². The average Bonchev–Trinajstić information content (AvgIpc) is 2.91. The van der Waals surface area contributed by atoms with Crippen LogP contribution in [-0.4, -0.2) is 25.0 Å². The number of hydrogen-bond acceptors (Lipinski definition) is 6. The molecule has 190 valence electrons. The second-order valence-electron chi connectivity index (χ2n) is 8.56. The number of rotatable bonds is 11. The monoisotopic (exact) mass is 499 g/mol. The maximum absolute atomic E-state index is 12.5. The minimum Gasteiger partial charge on any atom is -0.494 e. The maximum atomic E-state index is 12.5. The van der Waals surface area contributed by atoms with Gasteiger partial charge in [-0.25, -0.2) is 4.79 Å². The van der Waals surface area contributed by atoms with Gasteiger partial charge < -0.3 is 19.2 Å². The third kappa shape index (κ3) is 7.30. The van der Waals surface area contributed by atoms with Gasteiger partial charge in [0.15, 0.2) is 0 Å². The van der Waals surface area contributed by atoms with Gasteiger partial charge in [-0.1, -0.05) is 49.4 Å². The molecule has 1 aromatic heterocycles. The van der Waals surface area contributed by atoms with Crippen molar-refractivity contribution in [3.8, 4) is 11.5 Å². The van der Waals surface area contributed by atoms with Crippen LogP contribution in [0.3, 0.4) is 0 Å². The van der Waals surface area contributed by atoms with Crippen LogP contribution in [0.15, 0.2) is 88.1 Å². The first kappa shape index (κ1) is 25.7. The summed E-state index contributed by atoms with van der Waals surface area (Å²) in [5.41, 5.74) is 1.73. The van der Waals surface area contributed by atoms with Gasteiger partial charge in [-0.15, -0.1) is 0 Å². The van der Waals surface area contributed by atoms with E-state index in [2.05, 4.69) is 12.2 Å². The van der Waals surface area contributed by atoms with E-state index in [1.54, 1.807) is 12.1 Å². The van der Waals surface area contributed by atoms with Gasteiger partial charge in [0.1, 0.15) is 22.6 Å². The topological polar surface area (TPSA) is 94.8 Å². The van der Waals surface area contributed by atoms with Gasteiger partial charge >= 0.3 is 11.6 Å². The zero-order valence-corrected chi connectivity index (χ0v) is 20.7. The average molecular weight is 500 g/mol. The number of hydrogen-bond donors (Lipinski definition) is 1. The Labute approximate surface area is 215 Å². The molecule has 0 saturated heterocycles. The summed E-state index contributed by atoms with van der Waals surface area (Å²) in [4.78, 5) is 37.2. The molecule has 1 amide bonds. The van der Waals surface area contributed by atoms with Crippen LogP contribution in [0.25, 0.3) is 11.0 Å². The van der Waals surface area contributed by atoms with Crippen molar-refractivity contribution in [3.05, 3.63) is 106 Å². The lowest BCUT2D eigenvalue weighted by Gasteiger charge is -2.08. The highest BCUT2D eigenvalue weighted by molar-refractivity contribution is 5.96. The fourth-order valence-corrected chi connectivity index (χ4v) is 3.78. The molecule has 0 saturated carbocycles. The maximum Gasteiger partial charge on any atom is 0.349 e. The minimum atomic E-state index is -0.752. The molecule has 7 nitrogen and oxygen atoms in total. The number of nitrogens with one attached hydrogen (secondary N) is 1. The minimum absolute atomic E-state index is 0.0744. The Kier molecular flexibility index (Phi) is 8.70. The molecule has 0 bridgehead atoms. The number of carbonyl (C=O) groups excluding carboxylic acids is 2.